The first-order valence-electron chi connectivity index (χ1n) is 9.53. The molecule has 1 aromatic heterocycles. The Bertz CT molecular complexity index is 831. The maximum atomic E-state index is 11.9. The fraction of sp³-hybridized carbons (Fsp3) is 0.381. The van der Waals surface area contributed by atoms with Crippen molar-refractivity contribution in [3.8, 4) is 0 Å². The molecule has 7 nitrogen and oxygen atoms in total. The van der Waals surface area contributed by atoms with Gasteiger partial charge in [-0.05, 0) is 30.2 Å². The molecule has 2 N–H and O–H groups in total. The number of carbonyl (C=O) groups is 1. The van der Waals surface area contributed by atoms with Gasteiger partial charge in [0.1, 0.15) is 5.82 Å². The Kier molecular flexibility index (Phi) is 6.47. The van der Waals surface area contributed by atoms with E-state index >= 15 is 0 Å². The zero-order valence-corrected chi connectivity index (χ0v) is 16.8. The molecule has 1 aromatic carbocycles. The lowest BCUT2D eigenvalue weighted by atomic mass is 10.2. The van der Waals surface area contributed by atoms with E-state index in [0.29, 0.717) is 19.5 Å². The van der Waals surface area contributed by atoms with Crippen LogP contribution in [0.3, 0.4) is 0 Å². The average molecular weight is 380 g/mol. The Labute approximate surface area is 166 Å². The summed E-state index contributed by atoms with van der Waals surface area (Å²) in [4.78, 5) is 24.4. The van der Waals surface area contributed by atoms with E-state index in [2.05, 4.69) is 26.7 Å². The number of carbonyl (C=O) groups excluding carboxylic acids is 1. The van der Waals surface area contributed by atoms with Crippen molar-refractivity contribution in [1.29, 1.82) is 0 Å². The molecule has 3 rings (SSSR count). The fourth-order valence-corrected chi connectivity index (χ4v) is 3.27. The molecule has 7 heteroatoms. The van der Waals surface area contributed by atoms with Crippen molar-refractivity contribution in [3.63, 3.8) is 0 Å². The predicted molar refractivity (Wildman–Crippen MR) is 114 cm³/mol. The highest BCUT2D eigenvalue weighted by Gasteiger charge is 2.21. The molecule has 2 aromatic rings. The van der Waals surface area contributed by atoms with Crippen LogP contribution in [0.2, 0.25) is 0 Å². The minimum atomic E-state index is 0.211. The van der Waals surface area contributed by atoms with Crippen LogP contribution < -0.4 is 20.4 Å². The molecule has 0 aliphatic carbocycles. The number of nitrogens with zero attached hydrogens (tertiary/aromatic N) is 4. The van der Waals surface area contributed by atoms with Crippen molar-refractivity contribution in [2.45, 2.75) is 25.9 Å². The molecule has 0 saturated carbocycles. The Morgan fingerprint density at radius 3 is 2.57 bits per heavy atom. The Morgan fingerprint density at radius 1 is 1.18 bits per heavy atom. The van der Waals surface area contributed by atoms with Gasteiger partial charge in [0, 0.05) is 64.6 Å². The van der Waals surface area contributed by atoms with Gasteiger partial charge >= 0.3 is 0 Å². The van der Waals surface area contributed by atoms with Gasteiger partial charge in [-0.2, -0.15) is 0 Å². The third-order valence-corrected chi connectivity index (χ3v) is 4.74. The summed E-state index contributed by atoms with van der Waals surface area (Å²) in [5, 5.41) is 6.66. The summed E-state index contributed by atoms with van der Waals surface area (Å²) < 4.78 is 0. The van der Waals surface area contributed by atoms with Gasteiger partial charge < -0.3 is 20.4 Å². The highest BCUT2D eigenvalue weighted by atomic mass is 16.2. The van der Waals surface area contributed by atoms with E-state index in [1.807, 2.05) is 54.2 Å². The number of hydrogen-bond donors (Lipinski definition) is 2. The maximum Gasteiger partial charge on any atom is 0.227 e. The van der Waals surface area contributed by atoms with Crippen LogP contribution in [0.15, 0.2) is 47.6 Å². The number of amides is 1. The van der Waals surface area contributed by atoms with Gasteiger partial charge in [0.2, 0.25) is 5.91 Å². The van der Waals surface area contributed by atoms with Gasteiger partial charge in [-0.15, -0.1) is 0 Å². The number of aromatic nitrogens is 1. The molecule has 1 amide bonds. The smallest absolute Gasteiger partial charge is 0.227 e. The summed E-state index contributed by atoms with van der Waals surface area (Å²) in [7, 11) is 5.73. The zero-order valence-electron chi connectivity index (χ0n) is 16.8. The van der Waals surface area contributed by atoms with E-state index in [-0.39, 0.29) is 5.91 Å². The molecular weight excluding hydrogens is 352 g/mol. The maximum absolute atomic E-state index is 11.9. The SMILES string of the molecule is CN=C(NCc1ccc(N2CCCC2=O)cc1)NCc1cccnc1N(C)C. The molecule has 0 unspecified atom stereocenters. The fourth-order valence-electron chi connectivity index (χ4n) is 3.27. The molecule has 1 aliphatic rings. The normalized spacial score (nSPS) is 14.3. The van der Waals surface area contributed by atoms with Crippen LogP contribution in [0.5, 0.6) is 0 Å². The molecule has 1 fully saturated rings. The number of pyridine rings is 1. The second-order valence-corrected chi connectivity index (χ2v) is 6.98. The Balaban J connectivity index is 1.54. The van der Waals surface area contributed by atoms with E-state index in [9.17, 15) is 4.79 Å². The van der Waals surface area contributed by atoms with E-state index in [1.165, 1.54) is 0 Å². The van der Waals surface area contributed by atoms with E-state index in [1.54, 1.807) is 13.2 Å². The number of aliphatic imine (C=N–C) groups is 1. The Hall–Kier alpha value is -3.09. The van der Waals surface area contributed by atoms with Gasteiger partial charge in [0.25, 0.3) is 0 Å². The molecule has 2 heterocycles. The highest BCUT2D eigenvalue weighted by Crippen LogP contribution is 2.21. The summed E-state index contributed by atoms with van der Waals surface area (Å²) in [5.41, 5.74) is 3.21. The minimum Gasteiger partial charge on any atom is -0.362 e. The Morgan fingerprint density at radius 2 is 1.93 bits per heavy atom. The molecule has 0 spiro atoms. The van der Waals surface area contributed by atoms with Crippen molar-refractivity contribution in [2.75, 3.05) is 37.5 Å². The van der Waals surface area contributed by atoms with Crippen molar-refractivity contribution >= 4 is 23.4 Å². The molecule has 0 atom stereocenters. The van der Waals surface area contributed by atoms with Crippen LogP contribution in [0.1, 0.15) is 24.0 Å². The molecule has 28 heavy (non-hydrogen) atoms. The van der Waals surface area contributed by atoms with Crippen molar-refractivity contribution in [1.82, 2.24) is 15.6 Å². The van der Waals surface area contributed by atoms with E-state index < -0.39 is 0 Å². The lowest BCUT2D eigenvalue weighted by Crippen LogP contribution is -2.36. The lowest BCUT2D eigenvalue weighted by molar-refractivity contribution is -0.117. The first-order valence-corrected chi connectivity index (χ1v) is 9.53. The predicted octanol–water partition coefficient (Wildman–Crippen LogP) is 2.14. The number of rotatable bonds is 6. The second-order valence-electron chi connectivity index (χ2n) is 6.98. The van der Waals surface area contributed by atoms with Gasteiger partial charge in [-0.3, -0.25) is 9.79 Å². The summed E-state index contributed by atoms with van der Waals surface area (Å²) in [6.45, 7) is 2.11. The number of benzene rings is 1. The summed E-state index contributed by atoms with van der Waals surface area (Å²) in [6.07, 6.45) is 3.39. The molecule has 1 saturated heterocycles. The van der Waals surface area contributed by atoms with E-state index in [4.69, 9.17) is 0 Å². The topological polar surface area (TPSA) is 72.9 Å². The van der Waals surface area contributed by atoms with E-state index in [0.717, 1.165) is 41.6 Å². The van der Waals surface area contributed by atoms with Crippen LogP contribution in [0.25, 0.3) is 0 Å². The number of nitrogens with one attached hydrogen (secondary N) is 2. The van der Waals surface area contributed by atoms with Gasteiger partial charge in [0.15, 0.2) is 5.96 Å². The first kappa shape index (κ1) is 19.7. The van der Waals surface area contributed by atoms with Crippen LogP contribution in [0, 0.1) is 0 Å². The van der Waals surface area contributed by atoms with Crippen LogP contribution in [0.4, 0.5) is 11.5 Å². The van der Waals surface area contributed by atoms with Crippen molar-refractivity contribution < 1.29 is 4.79 Å². The molecule has 0 bridgehead atoms. The standard InChI is InChI=1S/C21H28N6O/c1-22-21(25-15-17-6-4-12-23-20(17)26(2)3)24-14-16-8-10-18(11-9-16)27-13-5-7-19(27)28/h4,6,8-12H,5,7,13-15H2,1-3H3,(H2,22,24,25). The van der Waals surface area contributed by atoms with Crippen LogP contribution in [-0.4, -0.2) is 44.5 Å². The van der Waals surface area contributed by atoms with Crippen molar-refractivity contribution in [2.24, 2.45) is 4.99 Å². The largest absolute Gasteiger partial charge is 0.362 e. The average Bonchev–Trinajstić information content (AvgIpc) is 3.14. The summed E-state index contributed by atoms with van der Waals surface area (Å²) in [6, 6.07) is 12.1. The van der Waals surface area contributed by atoms with Gasteiger partial charge in [0.05, 0.1) is 0 Å². The van der Waals surface area contributed by atoms with Crippen LogP contribution >= 0.6 is 0 Å². The third-order valence-electron chi connectivity index (χ3n) is 4.74. The summed E-state index contributed by atoms with van der Waals surface area (Å²) in [5.74, 6) is 1.88. The third kappa shape index (κ3) is 4.79. The second kappa shape index (κ2) is 9.21. The minimum absolute atomic E-state index is 0.211. The highest BCUT2D eigenvalue weighted by molar-refractivity contribution is 5.95. The van der Waals surface area contributed by atoms with Gasteiger partial charge in [-0.25, -0.2) is 4.98 Å². The van der Waals surface area contributed by atoms with Crippen LogP contribution in [-0.2, 0) is 17.9 Å². The monoisotopic (exact) mass is 380 g/mol. The first-order chi connectivity index (χ1) is 13.6. The molecule has 1 aliphatic heterocycles. The zero-order chi connectivity index (χ0) is 19.9. The summed E-state index contributed by atoms with van der Waals surface area (Å²) >= 11 is 0. The number of hydrogen-bond acceptors (Lipinski definition) is 4. The number of guanidine groups is 1. The molecule has 0 radical (unpaired) electrons. The lowest BCUT2D eigenvalue weighted by Gasteiger charge is -2.18. The molecule has 148 valence electrons. The quantitative estimate of drug-likeness (QED) is 0.593. The van der Waals surface area contributed by atoms with Gasteiger partial charge in [-0.1, -0.05) is 18.2 Å². The molecular formula is C21H28N6O. The van der Waals surface area contributed by atoms with Crippen molar-refractivity contribution in [3.05, 3.63) is 53.7 Å². The number of anilines is 2.